The molecular weight excluding hydrogens is 124 g/mol. The van der Waals surface area contributed by atoms with Gasteiger partial charge in [-0.05, 0) is 18.9 Å². The molecule has 0 atom stereocenters. The molecule has 0 aromatic heterocycles. The molecule has 0 spiro atoms. The van der Waals surface area contributed by atoms with Crippen molar-refractivity contribution in [3.63, 3.8) is 0 Å². The number of hydrogen-bond donors (Lipinski definition) is 2. The second-order valence-electron chi connectivity index (χ2n) is 1.59. The van der Waals surface area contributed by atoms with Crippen LogP contribution in [0.1, 0.15) is 20.3 Å². The second kappa shape index (κ2) is 3.75. The minimum atomic E-state index is 0.549. The minimum Gasteiger partial charge on any atom is -0.314 e. The summed E-state index contributed by atoms with van der Waals surface area (Å²) >= 11 is 5.56. The van der Waals surface area contributed by atoms with E-state index < -0.39 is 0 Å². The van der Waals surface area contributed by atoms with Gasteiger partial charge in [0.25, 0.3) is 0 Å². The fourth-order valence-corrected chi connectivity index (χ4v) is 0.412. The molecule has 0 saturated carbocycles. The van der Waals surface area contributed by atoms with Gasteiger partial charge in [0.15, 0.2) is 0 Å². The van der Waals surface area contributed by atoms with Crippen molar-refractivity contribution in [2.75, 3.05) is 0 Å². The normalized spacial score (nSPS) is 13.0. The van der Waals surface area contributed by atoms with E-state index in [-0.39, 0.29) is 0 Å². The largest absolute Gasteiger partial charge is 0.314 e. The van der Waals surface area contributed by atoms with E-state index in [0.29, 0.717) is 5.16 Å². The van der Waals surface area contributed by atoms with Crippen LogP contribution in [0.25, 0.3) is 0 Å². The van der Waals surface area contributed by atoms with Crippen LogP contribution in [-0.4, -0.2) is 0 Å². The van der Waals surface area contributed by atoms with Gasteiger partial charge in [0.1, 0.15) is 5.16 Å². The zero-order chi connectivity index (χ0) is 6.57. The van der Waals surface area contributed by atoms with Crippen LogP contribution in [0.2, 0.25) is 0 Å². The van der Waals surface area contributed by atoms with E-state index in [1.54, 1.807) is 0 Å². The molecule has 0 heterocycles. The van der Waals surface area contributed by atoms with E-state index in [9.17, 15) is 0 Å². The SMILES string of the molecule is CC/C(C)=C(\Cl)NN. The highest BCUT2D eigenvalue weighted by molar-refractivity contribution is 6.29. The van der Waals surface area contributed by atoms with E-state index in [1.807, 2.05) is 13.8 Å². The van der Waals surface area contributed by atoms with Gasteiger partial charge in [0.2, 0.25) is 0 Å². The molecule has 3 heteroatoms. The molecule has 0 aromatic rings. The molecule has 3 N–H and O–H groups in total. The van der Waals surface area contributed by atoms with Crippen LogP contribution in [0, 0.1) is 0 Å². The van der Waals surface area contributed by atoms with Crippen LogP contribution in [0.4, 0.5) is 0 Å². The van der Waals surface area contributed by atoms with Crippen molar-refractivity contribution in [1.29, 1.82) is 0 Å². The topological polar surface area (TPSA) is 38.0 Å². The fraction of sp³-hybridized carbons (Fsp3) is 0.600. The summed E-state index contributed by atoms with van der Waals surface area (Å²) in [5.41, 5.74) is 3.44. The molecule has 0 aromatic carbocycles. The Hall–Kier alpha value is -0.210. The lowest BCUT2D eigenvalue weighted by Gasteiger charge is -1.99. The van der Waals surface area contributed by atoms with E-state index >= 15 is 0 Å². The first-order valence-corrected chi connectivity index (χ1v) is 2.92. The van der Waals surface area contributed by atoms with Gasteiger partial charge < -0.3 is 5.43 Å². The van der Waals surface area contributed by atoms with Crippen molar-refractivity contribution < 1.29 is 0 Å². The van der Waals surface area contributed by atoms with E-state index in [4.69, 9.17) is 17.4 Å². The quantitative estimate of drug-likeness (QED) is 0.340. The zero-order valence-corrected chi connectivity index (χ0v) is 5.92. The maximum absolute atomic E-state index is 5.56. The molecule has 0 saturated heterocycles. The first-order chi connectivity index (χ1) is 3.72. The molecule has 0 aliphatic rings. The summed E-state index contributed by atoms with van der Waals surface area (Å²) in [4.78, 5) is 0. The first-order valence-electron chi connectivity index (χ1n) is 2.54. The Labute approximate surface area is 54.7 Å². The Kier molecular flexibility index (Phi) is 3.65. The molecule has 48 valence electrons. The average molecular weight is 135 g/mol. The Morgan fingerprint density at radius 3 is 2.38 bits per heavy atom. The molecule has 2 nitrogen and oxygen atoms in total. The van der Waals surface area contributed by atoms with Gasteiger partial charge in [-0.15, -0.1) is 0 Å². The van der Waals surface area contributed by atoms with Gasteiger partial charge in [-0.1, -0.05) is 18.5 Å². The van der Waals surface area contributed by atoms with Crippen molar-refractivity contribution in [2.45, 2.75) is 20.3 Å². The molecule has 0 rings (SSSR count). The maximum atomic E-state index is 5.56. The van der Waals surface area contributed by atoms with Crippen LogP contribution in [0.3, 0.4) is 0 Å². The number of nitrogens with two attached hydrogens (primary N) is 1. The van der Waals surface area contributed by atoms with Gasteiger partial charge in [0.05, 0.1) is 0 Å². The molecule has 0 fully saturated rings. The van der Waals surface area contributed by atoms with Gasteiger partial charge in [0, 0.05) is 0 Å². The van der Waals surface area contributed by atoms with Crippen molar-refractivity contribution in [1.82, 2.24) is 5.43 Å². The number of hydrazine groups is 1. The molecule has 0 aliphatic carbocycles. The molecule has 0 radical (unpaired) electrons. The highest BCUT2D eigenvalue weighted by Gasteiger charge is 1.90. The summed E-state index contributed by atoms with van der Waals surface area (Å²) in [5.74, 6) is 5.01. The third-order valence-corrected chi connectivity index (χ3v) is 1.46. The summed E-state index contributed by atoms with van der Waals surface area (Å²) in [6, 6.07) is 0. The van der Waals surface area contributed by atoms with Crippen LogP contribution in [0.15, 0.2) is 10.7 Å². The minimum absolute atomic E-state index is 0.549. The highest BCUT2D eigenvalue weighted by atomic mass is 35.5. The monoisotopic (exact) mass is 134 g/mol. The third-order valence-electron chi connectivity index (χ3n) is 1.03. The van der Waals surface area contributed by atoms with Crippen molar-refractivity contribution >= 4 is 11.6 Å². The Bertz CT molecular complexity index is 86.6. The summed E-state index contributed by atoms with van der Waals surface area (Å²) in [6.45, 7) is 3.96. The van der Waals surface area contributed by atoms with Gasteiger partial charge in [-0.2, -0.15) is 0 Å². The van der Waals surface area contributed by atoms with Crippen molar-refractivity contribution in [3.8, 4) is 0 Å². The van der Waals surface area contributed by atoms with Crippen LogP contribution in [-0.2, 0) is 0 Å². The Morgan fingerprint density at radius 1 is 1.75 bits per heavy atom. The predicted octanol–water partition coefficient (Wildman–Crippen LogP) is 1.33. The number of allylic oxidation sites excluding steroid dienone is 1. The van der Waals surface area contributed by atoms with Crippen molar-refractivity contribution in [2.24, 2.45) is 5.84 Å². The third kappa shape index (κ3) is 2.19. The Balaban J connectivity index is 3.83. The number of halogens is 1. The summed E-state index contributed by atoms with van der Waals surface area (Å²) in [6.07, 6.45) is 0.934. The molecule has 0 bridgehead atoms. The van der Waals surface area contributed by atoms with Crippen LogP contribution >= 0.6 is 11.6 Å². The smallest absolute Gasteiger partial charge is 0.115 e. The summed E-state index contributed by atoms with van der Waals surface area (Å²) < 4.78 is 0. The molecule has 0 amide bonds. The zero-order valence-electron chi connectivity index (χ0n) is 5.16. The first kappa shape index (κ1) is 7.79. The molecule has 0 unspecified atom stereocenters. The molecule has 8 heavy (non-hydrogen) atoms. The van der Waals surface area contributed by atoms with E-state index in [2.05, 4.69) is 5.43 Å². The lowest BCUT2D eigenvalue weighted by molar-refractivity contribution is 0.906. The number of nitrogens with one attached hydrogen (secondary N) is 1. The van der Waals surface area contributed by atoms with Gasteiger partial charge >= 0.3 is 0 Å². The molecular formula is C5H11ClN2. The predicted molar refractivity (Wildman–Crippen MR) is 36.2 cm³/mol. The fourth-order valence-electron chi connectivity index (χ4n) is 0.278. The van der Waals surface area contributed by atoms with Gasteiger partial charge in [-0.25, -0.2) is 5.84 Å². The summed E-state index contributed by atoms with van der Waals surface area (Å²) in [5, 5.41) is 0.549. The summed E-state index contributed by atoms with van der Waals surface area (Å²) in [7, 11) is 0. The van der Waals surface area contributed by atoms with E-state index in [1.165, 1.54) is 0 Å². The van der Waals surface area contributed by atoms with Gasteiger partial charge in [-0.3, -0.25) is 0 Å². The van der Waals surface area contributed by atoms with Crippen LogP contribution in [0.5, 0.6) is 0 Å². The standard InChI is InChI=1S/C5H11ClN2/c1-3-4(2)5(6)8-7/h8H,3,7H2,1-2H3/b5-4+. The number of hydrogen-bond acceptors (Lipinski definition) is 2. The lowest BCUT2D eigenvalue weighted by Crippen LogP contribution is -2.18. The molecule has 0 aliphatic heterocycles. The van der Waals surface area contributed by atoms with Crippen molar-refractivity contribution in [3.05, 3.63) is 10.7 Å². The second-order valence-corrected chi connectivity index (χ2v) is 1.97. The lowest BCUT2D eigenvalue weighted by atomic mass is 10.3. The highest BCUT2D eigenvalue weighted by Crippen LogP contribution is 2.06. The maximum Gasteiger partial charge on any atom is 0.115 e. The average Bonchev–Trinajstić information content (AvgIpc) is 1.84. The van der Waals surface area contributed by atoms with E-state index in [0.717, 1.165) is 12.0 Å². The Morgan fingerprint density at radius 2 is 2.25 bits per heavy atom. The number of rotatable bonds is 2. The van der Waals surface area contributed by atoms with Crippen LogP contribution < -0.4 is 11.3 Å².